The fourth-order valence-corrected chi connectivity index (χ4v) is 4.71. The van der Waals surface area contributed by atoms with Gasteiger partial charge in [0.2, 0.25) is 0 Å². The highest BCUT2D eigenvalue weighted by Crippen LogP contribution is 2.44. The standard InChI is InChI=1S/C33H37NO5/c1-20(2)19-39-25-14-11-22(12-15-25)29-28(31(36)32(37)34(29)24-10-8-9-21(3)17-24)30(35)26-18-23(33(4,5)6)13-16-27(26)38-7/h8-18,20,29,35H,19H2,1-7H3/b30-28+. The van der Waals surface area contributed by atoms with Gasteiger partial charge in [0.15, 0.2) is 0 Å². The number of anilines is 1. The molecule has 1 unspecified atom stereocenters. The maximum absolute atomic E-state index is 13.6. The molecule has 3 aromatic carbocycles. The minimum Gasteiger partial charge on any atom is -0.507 e. The number of rotatable bonds is 7. The summed E-state index contributed by atoms with van der Waals surface area (Å²) in [5.74, 6) is -0.230. The van der Waals surface area contributed by atoms with Crippen molar-refractivity contribution in [1.82, 2.24) is 0 Å². The molecule has 1 heterocycles. The number of methoxy groups -OCH3 is 1. The molecule has 0 aliphatic carbocycles. The zero-order valence-electron chi connectivity index (χ0n) is 23.7. The number of ether oxygens (including phenoxy) is 2. The third-order valence-corrected chi connectivity index (χ3v) is 6.82. The summed E-state index contributed by atoms with van der Waals surface area (Å²) in [7, 11) is 1.52. The Morgan fingerprint density at radius 2 is 1.69 bits per heavy atom. The van der Waals surface area contributed by atoms with Crippen molar-refractivity contribution in [3.8, 4) is 11.5 Å². The zero-order chi connectivity index (χ0) is 28.5. The van der Waals surface area contributed by atoms with Crippen LogP contribution in [-0.2, 0) is 15.0 Å². The average Bonchev–Trinajstić information content (AvgIpc) is 3.16. The average molecular weight is 528 g/mol. The molecule has 6 nitrogen and oxygen atoms in total. The van der Waals surface area contributed by atoms with Gasteiger partial charge in [0, 0.05) is 5.69 Å². The second-order valence-electron chi connectivity index (χ2n) is 11.4. The van der Waals surface area contributed by atoms with Crippen LogP contribution < -0.4 is 14.4 Å². The topological polar surface area (TPSA) is 76.1 Å². The third-order valence-electron chi connectivity index (χ3n) is 6.82. The molecule has 1 saturated heterocycles. The molecule has 39 heavy (non-hydrogen) atoms. The van der Waals surface area contributed by atoms with Crippen LogP contribution in [0.1, 0.15) is 62.9 Å². The summed E-state index contributed by atoms with van der Waals surface area (Å²) < 4.78 is 11.4. The van der Waals surface area contributed by atoms with Crippen LogP contribution in [0.15, 0.2) is 72.3 Å². The van der Waals surface area contributed by atoms with Crippen LogP contribution in [0.4, 0.5) is 5.69 Å². The Morgan fingerprint density at radius 3 is 2.28 bits per heavy atom. The van der Waals surface area contributed by atoms with E-state index in [9.17, 15) is 14.7 Å². The van der Waals surface area contributed by atoms with Crippen molar-refractivity contribution < 1.29 is 24.2 Å². The first-order valence-corrected chi connectivity index (χ1v) is 13.2. The van der Waals surface area contributed by atoms with Gasteiger partial charge in [-0.05, 0) is 71.3 Å². The molecule has 1 aliphatic rings. The first-order chi connectivity index (χ1) is 18.4. The first-order valence-electron chi connectivity index (χ1n) is 13.2. The van der Waals surface area contributed by atoms with Crippen molar-refractivity contribution >= 4 is 23.1 Å². The van der Waals surface area contributed by atoms with Gasteiger partial charge in [0.25, 0.3) is 11.7 Å². The molecule has 1 N–H and O–H groups in total. The fraction of sp³-hybridized carbons (Fsp3) is 0.333. The van der Waals surface area contributed by atoms with E-state index >= 15 is 0 Å². The fourth-order valence-electron chi connectivity index (χ4n) is 4.71. The summed E-state index contributed by atoms with van der Waals surface area (Å²) in [6, 6.07) is 19.5. The number of ketones is 1. The number of hydrogen-bond acceptors (Lipinski definition) is 5. The van der Waals surface area contributed by atoms with Crippen LogP contribution in [0.5, 0.6) is 11.5 Å². The highest BCUT2D eigenvalue weighted by Gasteiger charge is 2.47. The van der Waals surface area contributed by atoms with Crippen molar-refractivity contribution in [2.24, 2.45) is 5.92 Å². The number of aliphatic hydroxyl groups is 1. The summed E-state index contributed by atoms with van der Waals surface area (Å²) in [6.45, 7) is 12.9. The maximum atomic E-state index is 13.6. The number of Topliss-reactive ketones (excluding diaryl/α,β-unsaturated/α-hetero) is 1. The third kappa shape index (κ3) is 5.70. The molecule has 0 radical (unpaired) electrons. The Bertz CT molecular complexity index is 1410. The molecular formula is C33H37NO5. The monoisotopic (exact) mass is 527 g/mol. The lowest BCUT2D eigenvalue weighted by atomic mass is 9.85. The largest absolute Gasteiger partial charge is 0.507 e. The Hall–Kier alpha value is -4.06. The summed E-state index contributed by atoms with van der Waals surface area (Å²) in [4.78, 5) is 28.6. The molecule has 0 aromatic heterocycles. The lowest BCUT2D eigenvalue weighted by Crippen LogP contribution is -2.29. The van der Waals surface area contributed by atoms with Crippen LogP contribution in [0, 0.1) is 12.8 Å². The normalized spacial score (nSPS) is 17.1. The predicted molar refractivity (Wildman–Crippen MR) is 154 cm³/mol. The minimum atomic E-state index is -0.839. The second kappa shape index (κ2) is 11.0. The number of carbonyl (C=O) groups excluding carboxylic acids is 2. The van der Waals surface area contributed by atoms with Gasteiger partial charge in [-0.2, -0.15) is 0 Å². The highest BCUT2D eigenvalue weighted by molar-refractivity contribution is 6.51. The molecule has 4 rings (SSSR count). The summed E-state index contributed by atoms with van der Waals surface area (Å²) in [6.07, 6.45) is 0. The molecule has 6 heteroatoms. The van der Waals surface area contributed by atoms with Gasteiger partial charge in [0.05, 0.1) is 30.9 Å². The van der Waals surface area contributed by atoms with E-state index < -0.39 is 17.7 Å². The van der Waals surface area contributed by atoms with E-state index in [4.69, 9.17) is 9.47 Å². The lowest BCUT2D eigenvalue weighted by molar-refractivity contribution is -0.132. The van der Waals surface area contributed by atoms with Gasteiger partial charge in [-0.3, -0.25) is 14.5 Å². The smallest absolute Gasteiger partial charge is 0.300 e. The number of aryl methyl sites for hydroxylation is 1. The zero-order valence-corrected chi connectivity index (χ0v) is 23.7. The van der Waals surface area contributed by atoms with Crippen LogP contribution in [0.25, 0.3) is 5.76 Å². The molecule has 0 saturated carbocycles. The highest BCUT2D eigenvalue weighted by atomic mass is 16.5. The number of aliphatic hydroxyl groups excluding tert-OH is 1. The Kier molecular flexibility index (Phi) is 7.86. The summed E-state index contributed by atoms with van der Waals surface area (Å²) in [5, 5.41) is 11.7. The number of carbonyl (C=O) groups is 2. The van der Waals surface area contributed by atoms with E-state index in [2.05, 4.69) is 34.6 Å². The van der Waals surface area contributed by atoms with Crippen LogP contribution >= 0.6 is 0 Å². The second-order valence-corrected chi connectivity index (χ2v) is 11.4. The molecular weight excluding hydrogens is 490 g/mol. The number of amides is 1. The van der Waals surface area contributed by atoms with Crippen LogP contribution in [0.2, 0.25) is 0 Å². The van der Waals surface area contributed by atoms with Gasteiger partial charge in [-0.25, -0.2) is 0 Å². The van der Waals surface area contributed by atoms with Gasteiger partial charge in [-0.15, -0.1) is 0 Å². The van der Waals surface area contributed by atoms with Crippen LogP contribution in [-0.4, -0.2) is 30.5 Å². The van der Waals surface area contributed by atoms with Crippen molar-refractivity contribution in [2.75, 3.05) is 18.6 Å². The molecule has 1 atom stereocenters. The van der Waals surface area contributed by atoms with Gasteiger partial charge < -0.3 is 14.6 Å². The number of benzene rings is 3. The number of nitrogens with zero attached hydrogens (tertiary/aromatic N) is 1. The molecule has 1 amide bonds. The van der Waals surface area contributed by atoms with Crippen molar-refractivity contribution in [3.63, 3.8) is 0 Å². The Morgan fingerprint density at radius 1 is 1.00 bits per heavy atom. The predicted octanol–water partition coefficient (Wildman–Crippen LogP) is 6.96. The van der Waals surface area contributed by atoms with E-state index in [0.29, 0.717) is 40.8 Å². The quantitative estimate of drug-likeness (QED) is 0.204. The van der Waals surface area contributed by atoms with Crippen molar-refractivity contribution in [2.45, 2.75) is 53.0 Å². The minimum absolute atomic E-state index is 0.0155. The molecule has 3 aromatic rings. The summed E-state index contributed by atoms with van der Waals surface area (Å²) in [5.41, 5.74) is 3.35. The van der Waals surface area contributed by atoms with E-state index in [1.54, 1.807) is 12.1 Å². The molecule has 0 spiro atoms. The molecule has 204 valence electrons. The molecule has 1 fully saturated rings. The van der Waals surface area contributed by atoms with Crippen molar-refractivity contribution in [3.05, 3.63) is 94.6 Å². The maximum Gasteiger partial charge on any atom is 0.300 e. The van der Waals surface area contributed by atoms with E-state index in [1.165, 1.54) is 12.0 Å². The first kappa shape index (κ1) is 28.0. The van der Waals surface area contributed by atoms with E-state index in [0.717, 1.165) is 11.1 Å². The Balaban J connectivity index is 1.93. The van der Waals surface area contributed by atoms with Gasteiger partial charge in [-0.1, -0.05) is 65.0 Å². The SMILES string of the molecule is COc1ccc(C(C)(C)C)cc1/C(O)=C1\C(=O)C(=O)N(c2cccc(C)c2)C1c1ccc(OCC(C)C)cc1. The van der Waals surface area contributed by atoms with Crippen molar-refractivity contribution in [1.29, 1.82) is 0 Å². The van der Waals surface area contributed by atoms with E-state index in [-0.39, 0.29) is 16.7 Å². The number of hydrogen-bond donors (Lipinski definition) is 1. The molecule has 1 aliphatic heterocycles. The van der Waals surface area contributed by atoms with Crippen LogP contribution in [0.3, 0.4) is 0 Å². The van der Waals surface area contributed by atoms with Gasteiger partial charge >= 0.3 is 0 Å². The Labute approximate surface area is 230 Å². The van der Waals surface area contributed by atoms with Gasteiger partial charge in [0.1, 0.15) is 17.3 Å². The molecule has 0 bridgehead atoms. The lowest BCUT2D eigenvalue weighted by Gasteiger charge is -2.26. The summed E-state index contributed by atoms with van der Waals surface area (Å²) >= 11 is 0. The van der Waals surface area contributed by atoms with E-state index in [1.807, 2.05) is 61.5 Å².